The third-order valence-corrected chi connectivity index (χ3v) is 4.82. The molecule has 3 heteroatoms. The Morgan fingerprint density at radius 2 is 1.89 bits per heavy atom. The van der Waals surface area contributed by atoms with E-state index in [0.717, 1.165) is 11.3 Å². The van der Waals surface area contributed by atoms with Crippen LogP contribution in [0, 0.1) is 0 Å². The monoisotopic (exact) mass is 263 g/mol. The highest BCUT2D eigenvalue weighted by molar-refractivity contribution is 7.99. The van der Waals surface area contributed by atoms with Gasteiger partial charge in [-0.1, -0.05) is 12.8 Å². The fourth-order valence-corrected chi connectivity index (χ4v) is 3.49. The first-order valence-corrected chi connectivity index (χ1v) is 7.90. The van der Waals surface area contributed by atoms with Crippen LogP contribution >= 0.6 is 11.8 Å². The number of anilines is 1. The van der Waals surface area contributed by atoms with E-state index in [0.29, 0.717) is 11.3 Å². The van der Waals surface area contributed by atoms with Gasteiger partial charge in [-0.2, -0.15) is 11.8 Å². The summed E-state index contributed by atoms with van der Waals surface area (Å²) in [4.78, 5) is 11.2. The SMILES string of the molecule is CSC1CCCCC1Nc1ccc(C(C)=O)cc1. The number of hydrogen-bond acceptors (Lipinski definition) is 3. The van der Waals surface area contributed by atoms with Gasteiger partial charge in [-0.25, -0.2) is 0 Å². The molecular weight excluding hydrogens is 242 g/mol. The number of carbonyl (C=O) groups excluding carboxylic acids is 1. The van der Waals surface area contributed by atoms with Crippen LogP contribution in [0.1, 0.15) is 43.0 Å². The van der Waals surface area contributed by atoms with Crippen LogP contribution in [-0.4, -0.2) is 23.3 Å². The summed E-state index contributed by atoms with van der Waals surface area (Å²) in [6.45, 7) is 1.60. The van der Waals surface area contributed by atoms with Crippen molar-refractivity contribution in [3.8, 4) is 0 Å². The van der Waals surface area contributed by atoms with E-state index in [1.54, 1.807) is 6.92 Å². The zero-order valence-corrected chi connectivity index (χ0v) is 11.9. The molecule has 0 bridgehead atoms. The van der Waals surface area contributed by atoms with Gasteiger partial charge in [-0.05, 0) is 50.3 Å². The summed E-state index contributed by atoms with van der Waals surface area (Å²) < 4.78 is 0. The minimum absolute atomic E-state index is 0.126. The standard InChI is InChI=1S/C15H21NOS/c1-11(17)12-7-9-13(10-8-12)16-14-5-3-4-6-15(14)18-2/h7-10,14-16H,3-6H2,1-2H3. The summed E-state index contributed by atoms with van der Waals surface area (Å²) in [7, 11) is 0. The average Bonchev–Trinajstić information content (AvgIpc) is 2.40. The lowest BCUT2D eigenvalue weighted by atomic mass is 9.94. The van der Waals surface area contributed by atoms with Gasteiger partial charge in [0.25, 0.3) is 0 Å². The minimum Gasteiger partial charge on any atom is -0.381 e. The maximum Gasteiger partial charge on any atom is 0.159 e. The summed E-state index contributed by atoms with van der Waals surface area (Å²) in [5, 5.41) is 4.33. The van der Waals surface area contributed by atoms with Crippen LogP contribution in [0.4, 0.5) is 5.69 Å². The van der Waals surface area contributed by atoms with E-state index in [-0.39, 0.29) is 5.78 Å². The molecule has 18 heavy (non-hydrogen) atoms. The van der Waals surface area contributed by atoms with Crippen LogP contribution in [0.15, 0.2) is 24.3 Å². The second kappa shape index (κ2) is 6.28. The largest absolute Gasteiger partial charge is 0.381 e. The normalized spacial score (nSPS) is 23.7. The quantitative estimate of drug-likeness (QED) is 0.833. The van der Waals surface area contributed by atoms with E-state index in [9.17, 15) is 4.79 Å². The predicted octanol–water partition coefficient (Wildman–Crippen LogP) is 3.98. The Morgan fingerprint density at radius 3 is 2.50 bits per heavy atom. The van der Waals surface area contributed by atoms with Crippen molar-refractivity contribution in [3.63, 3.8) is 0 Å². The lowest BCUT2D eigenvalue weighted by Gasteiger charge is -2.31. The lowest BCUT2D eigenvalue weighted by molar-refractivity contribution is 0.101. The minimum atomic E-state index is 0.126. The molecule has 2 nitrogen and oxygen atoms in total. The summed E-state index contributed by atoms with van der Waals surface area (Å²) in [5.74, 6) is 0.126. The van der Waals surface area contributed by atoms with Crippen LogP contribution in [0.3, 0.4) is 0 Å². The maximum atomic E-state index is 11.2. The molecule has 1 fully saturated rings. The lowest BCUT2D eigenvalue weighted by Crippen LogP contribution is -2.34. The number of carbonyl (C=O) groups is 1. The van der Waals surface area contributed by atoms with Crippen LogP contribution < -0.4 is 5.32 Å². The molecule has 0 spiro atoms. The molecule has 0 radical (unpaired) electrons. The molecular formula is C15H21NOS. The van der Waals surface area contributed by atoms with Crippen molar-refractivity contribution in [2.45, 2.75) is 43.9 Å². The van der Waals surface area contributed by atoms with Crippen molar-refractivity contribution in [3.05, 3.63) is 29.8 Å². The molecule has 1 aliphatic rings. The third kappa shape index (κ3) is 3.29. The summed E-state index contributed by atoms with van der Waals surface area (Å²) in [6.07, 6.45) is 7.43. The van der Waals surface area contributed by atoms with Gasteiger partial charge in [0.2, 0.25) is 0 Å². The summed E-state index contributed by atoms with van der Waals surface area (Å²) >= 11 is 1.96. The Balaban J connectivity index is 2.01. The van der Waals surface area contributed by atoms with Gasteiger partial charge < -0.3 is 5.32 Å². The first-order chi connectivity index (χ1) is 8.70. The highest BCUT2D eigenvalue weighted by atomic mass is 32.2. The summed E-state index contributed by atoms with van der Waals surface area (Å²) in [5.41, 5.74) is 1.91. The average molecular weight is 263 g/mol. The van der Waals surface area contributed by atoms with Crippen LogP contribution in [-0.2, 0) is 0 Å². The first kappa shape index (κ1) is 13.5. The second-order valence-corrected chi connectivity index (χ2v) is 6.02. The molecule has 0 aliphatic heterocycles. The van der Waals surface area contributed by atoms with Crippen molar-refractivity contribution in [2.24, 2.45) is 0 Å². The van der Waals surface area contributed by atoms with Crippen molar-refractivity contribution < 1.29 is 4.79 Å². The summed E-state index contributed by atoms with van der Waals surface area (Å²) in [6, 6.07) is 8.41. The Kier molecular flexibility index (Phi) is 4.70. The van der Waals surface area contributed by atoms with Gasteiger partial charge in [-0.3, -0.25) is 4.79 Å². The van der Waals surface area contributed by atoms with Crippen LogP contribution in [0.5, 0.6) is 0 Å². The molecule has 98 valence electrons. The number of nitrogens with one attached hydrogen (secondary N) is 1. The molecule has 0 aromatic heterocycles. The predicted molar refractivity (Wildman–Crippen MR) is 79.6 cm³/mol. The highest BCUT2D eigenvalue weighted by Gasteiger charge is 2.23. The zero-order valence-electron chi connectivity index (χ0n) is 11.1. The van der Waals surface area contributed by atoms with E-state index < -0.39 is 0 Å². The van der Waals surface area contributed by atoms with Crippen molar-refractivity contribution in [1.82, 2.24) is 0 Å². The van der Waals surface area contributed by atoms with Gasteiger partial charge in [0.05, 0.1) is 0 Å². The Morgan fingerprint density at radius 1 is 1.22 bits per heavy atom. The topological polar surface area (TPSA) is 29.1 Å². The smallest absolute Gasteiger partial charge is 0.159 e. The molecule has 1 saturated carbocycles. The Labute approximate surface area is 114 Å². The number of thioether (sulfide) groups is 1. The van der Waals surface area contributed by atoms with Gasteiger partial charge in [0.15, 0.2) is 5.78 Å². The maximum absolute atomic E-state index is 11.2. The highest BCUT2D eigenvalue weighted by Crippen LogP contribution is 2.29. The fraction of sp³-hybridized carbons (Fsp3) is 0.533. The molecule has 1 aromatic carbocycles. The van der Waals surface area contributed by atoms with Gasteiger partial charge in [0.1, 0.15) is 0 Å². The number of hydrogen-bond donors (Lipinski definition) is 1. The molecule has 0 heterocycles. The van der Waals surface area contributed by atoms with Crippen LogP contribution in [0.2, 0.25) is 0 Å². The molecule has 1 aliphatic carbocycles. The molecule has 0 amide bonds. The van der Waals surface area contributed by atoms with Gasteiger partial charge >= 0.3 is 0 Å². The molecule has 1 aromatic rings. The van der Waals surface area contributed by atoms with E-state index in [1.807, 2.05) is 36.0 Å². The molecule has 0 saturated heterocycles. The van der Waals surface area contributed by atoms with Crippen LogP contribution in [0.25, 0.3) is 0 Å². The van der Waals surface area contributed by atoms with E-state index in [2.05, 4.69) is 11.6 Å². The number of ketones is 1. The number of benzene rings is 1. The molecule has 2 rings (SSSR count). The molecule has 1 N–H and O–H groups in total. The van der Waals surface area contributed by atoms with E-state index in [4.69, 9.17) is 0 Å². The van der Waals surface area contributed by atoms with Crippen molar-refractivity contribution in [2.75, 3.05) is 11.6 Å². The molecule has 2 atom stereocenters. The second-order valence-electron chi connectivity index (χ2n) is 4.94. The first-order valence-electron chi connectivity index (χ1n) is 6.61. The van der Waals surface area contributed by atoms with Gasteiger partial charge in [0, 0.05) is 22.5 Å². The number of Topliss-reactive ketones (excluding diaryl/α,β-unsaturated/α-hetero) is 1. The number of rotatable bonds is 4. The van der Waals surface area contributed by atoms with E-state index in [1.165, 1.54) is 25.7 Å². The Hall–Kier alpha value is -0.960. The Bertz CT molecular complexity index is 401. The van der Waals surface area contributed by atoms with Gasteiger partial charge in [-0.15, -0.1) is 0 Å². The van der Waals surface area contributed by atoms with E-state index >= 15 is 0 Å². The molecule has 2 unspecified atom stereocenters. The van der Waals surface area contributed by atoms with Crippen molar-refractivity contribution in [1.29, 1.82) is 0 Å². The van der Waals surface area contributed by atoms with Crippen molar-refractivity contribution >= 4 is 23.2 Å². The zero-order chi connectivity index (χ0) is 13.0. The fourth-order valence-electron chi connectivity index (χ4n) is 2.56. The third-order valence-electron chi connectivity index (χ3n) is 3.65.